The molecule has 0 aromatic heterocycles. The van der Waals surface area contributed by atoms with E-state index in [2.05, 4.69) is 10.6 Å². The van der Waals surface area contributed by atoms with Crippen LogP contribution in [0.5, 0.6) is 5.75 Å². The van der Waals surface area contributed by atoms with Gasteiger partial charge in [-0.1, -0.05) is 101 Å². The number of benzene rings is 2. The van der Waals surface area contributed by atoms with Gasteiger partial charge in [-0.15, -0.1) is 0 Å². The summed E-state index contributed by atoms with van der Waals surface area (Å²) in [7, 11) is 3.19. The first-order valence-corrected chi connectivity index (χ1v) is 17.6. The average molecular weight is 702 g/mol. The van der Waals surface area contributed by atoms with Gasteiger partial charge in [0.15, 0.2) is 0 Å². The van der Waals surface area contributed by atoms with Gasteiger partial charge in [-0.2, -0.15) is 0 Å². The number of carbonyl (C=O) groups is 4. The number of carbonyl (C=O) groups excluding carboxylic acids is 4. The van der Waals surface area contributed by atoms with Crippen molar-refractivity contribution in [3.05, 3.63) is 101 Å². The first-order chi connectivity index (χ1) is 24.1. The summed E-state index contributed by atoms with van der Waals surface area (Å²) in [6, 6.07) is 12.7. The number of phenolic OH excluding ortho intramolecular Hbond substituents is 1. The van der Waals surface area contributed by atoms with Crippen LogP contribution in [0.4, 0.5) is 0 Å². The molecule has 0 bridgehead atoms. The van der Waals surface area contributed by atoms with Crippen molar-refractivity contribution < 1.29 is 33.8 Å². The van der Waals surface area contributed by atoms with Crippen molar-refractivity contribution in [2.24, 2.45) is 17.8 Å². The molecule has 51 heavy (non-hydrogen) atoms. The van der Waals surface area contributed by atoms with Gasteiger partial charge in [-0.05, 0) is 60.9 Å². The third-order valence-electron chi connectivity index (χ3n) is 9.26. The summed E-state index contributed by atoms with van der Waals surface area (Å²) >= 11 is 0. The number of ether oxygens (including phenoxy) is 2. The number of rotatable bonds is 6. The van der Waals surface area contributed by atoms with Crippen molar-refractivity contribution in [3.8, 4) is 5.75 Å². The molecule has 0 aliphatic carbocycles. The number of hydrogen-bond donors (Lipinski definition) is 3. The van der Waals surface area contributed by atoms with Crippen molar-refractivity contribution in [2.75, 3.05) is 14.2 Å². The molecular formula is C41H55N3O7. The smallest absolute Gasteiger partial charge is 0.329 e. The molecule has 0 spiro atoms. The van der Waals surface area contributed by atoms with Gasteiger partial charge < -0.3 is 30.1 Å². The van der Waals surface area contributed by atoms with Crippen LogP contribution in [-0.4, -0.2) is 72.1 Å². The lowest BCUT2D eigenvalue weighted by molar-refractivity contribution is -0.156. The van der Waals surface area contributed by atoms with E-state index in [0.717, 1.165) is 11.1 Å². The molecule has 3 N–H and O–H groups in total. The number of phenols is 1. The highest BCUT2D eigenvalue weighted by Gasteiger charge is 2.36. The molecule has 3 rings (SSSR count). The van der Waals surface area contributed by atoms with E-state index in [1.165, 1.54) is 17.0 Å². The molecular weight excluding hydrogens is 646 g/mol. The quantitative estimate of drug-likeness (QED) is 0.323. The Bertz CT molecular complexity index is 1580. The SMILES string of the molecule is CO[C@@H]1C/C=C(\C)C(=O)N(C)[C@@H](C(C)C)C(=O)N[C@H](Cc2ccc(O)cc2)C(=O)N[C@@H](C(C)C)C(=O)O[C@H](c2ccccc2)[C@H](C)/C=C/C=C/1C. The Labute approximate surface area is 303 Å². The normalized spacial score (nSPS) is 27.7. The third kappa shape index (κ3) is 11.4. The predicted octanol–water partition coefficient (Wildman–Crippen LogP) is 5.83. The molecule has 0 saturated heterocycles. The molecule has 3 amide bonds. The second kappa shape index (κ2) is 19.1. The van der Waals surface area contributed by atoms with Crippen LogP contribution in [0.3, 0.4) is 0 Å². The summed E-state index contributed by atoms with van der Waals surface area (Å²) in [5.74, 6) is -2.87. The van der Waals surface area contributed by atoms with Crippen LogP contribution in [0.2, 0.25) is 0 Å². The van der Waals surface area contributed by atoms with Crippen molar-refractivity contribution in [1.82, 2.24) is 15.5 Å². The van der Waals surface area contributed by atoms with Gasteiger partial charge in [0.05, 0.1) is 6.10 Å². The number of nitrogens with zero attached hydrogens (tertiary/aromatic N) is 1. The summed E-state index contributed by atoms with van der Waals surface area (Å²) in [4.78, 5) is 57.1. The number of amides is 3. The van der Waals surface area contributed by atoms with E-state index >= 15 is 0 Å². The maximum absolute atomic E-state index is 14.1. The Morgan fingerprint density at radius 3 is 2.16 bits per heavy atom. The fraction of sp³-hybridized carbons (Fsp3) is 0.463. The van der Waals surface area contributed by atoms with Gasteiger partial charge in [-0.3, -0.25) is 14.4 Å². The summed E-state index contributed by atoms with van der Waals surface area (Å²) in [6.07, 6.45) is 7.17. The van der Waals surface area contributed by atoms with Crippen LogP contribution in [-0.2, 0) is 35.1 Å². The largest absolute Gasteiger partial charge is 0.508 e. The first-order valence-electron chi connectivity index (χ1n) is 17.6. The van der Waals surface area contributed by atoms with Crippen molar-refractivity contribution in [2.45, 2.75) is 91.6 Å². The van der Waals surface area contributed by atoms with Crippen LogP contribution in [0.25, 0.3) is 0 Å². The molecule has 0 radical (unpaired) electrons. The summed E-state index contributed by atoms with van der Waals surface area (Å²) in [5, 5.41) is 15.6. The number of esters is 1. The Balaban J connectivity index is 2.13. The Morgan fingerprint density at radius 2 is 1.57 bits per heavy atom. The summed E-state index contributed by atoms with van der Waals surface area (Å²) < 4.78 is 12.0. The van der Waals surface area contributed by atoms with E-state index in [-0.39, 0.29) is 41.9 Å². The van der Waals surface area contributed by atoms with Crippen LogP contribution < -0.4 is 10.6 Å². The Kier molecular flexibility index (Phi) is 15.2. The predicted molar refractivity (Wildman–Crippen MR) is 198 cm³/mol. The van der Waals surface area contributed by atoms with E-state index in [4.69, 9.17) is 9.47 Å². The highest BCUT2D eigenvalue weighted by Crippen LogP contribution is 2.29. The zero-order valence-electron chi connectivity index (χ0n) is 31.4. The Hall–Kier alpha value is -4.70. The average Bonchev–Trinajstić information content (AvgIpc) is 3.09. The third-order valence-corrected chi connectivity index (χ3v) is 9.26. The van der Waals surface area contributed by atoms with Gasteiger partial charge >= 0.3 is 5.97 Å². The number of aromatic hydroxyl groups is 1. The zero-order valence-corrected chi connectivity index (χ0v) is 31.4. The number of likely N-dealkylation sites (N-methyl/N-ethyl adjacent to an activating group) is 1. The van der Waals surface area contributed by atoms with Crippen LogP contribution in [0.1, 0.15) is 72.1 Å². The van der Waals surface area contributed by atoms with E-state index < -0.39 is 42.0 Å². The molecule has 1 heterocycles. The lowest BCUT2D eigenvalue weighted by Crippen LogP contribution is -2.58. The lowest BCUT2D eigenvalue weighted by atomic mass is 9.95. The number of methoxy groups -OCH3 is 1. The minimum Gasteiger partial charge on any atom is -0.508 e. The Morgan fingerprint density at radius 1 is 0.922 bits per heavy atom. The molecule has 1 aliphatic rings. The molecule has 2 aromatic carbocycles. The number of nitrogens with one attached hydrogen (secondary N) is 2. The minimum atomic E-state index is -1.12. The van der Waals surface area contributed by atoms with Gasteiger partial charge in [0, 0.05) is 32.1 Å². The van der Waals surface area contributed by atoms with Crippen molar-refractivity contribution >= 4 is 23.7 Å². The van der Waals surface area contributed by atoms with E-state index in [0.29, 0.717) is 17.6 Å². The molecule has 1 aliphatic heterocycles. The molecule has 276 valence electrons. The van der Waals surface area contributed by atoms with E-state index in [1.807, 2.05) is 96.2 Å². The van der Waals surface area contributed by atoms with Crippen molar-refractivity contribution in [1.29, 1.82) is 0 Å². The minimum absolute atomic E-state index is 0.0602. The maximum atomic E-state index is 14.1. The second-order valence-corrected chi connectivity index (χ2v) is 14.0. The maximum Gasteiger partial charge on any atom is 0.329 e. The highest BCUT2D eigenvalue weighted by molar-refractivity contribution is 5.98. The van der Waals surface area contributed by atoms with Gasteiger partial charge in [-0.25, -0.2) is 4.79 Å². The number of cyclic esters (lactones) is 1. The fourth-order valence-electron chi connectivity index (χ4n) is 6.17. The molecule has 0 saturated carbocycles. The van der Waals surface area contributed by atoms with Crippen LogP contribution >= 0.6 is 0 Å². The zero-order chi connectivity index (χ0) is 37.8. The van der Waals surface area contributed by atoms with Gasteiger partial charge in [0.1, 0.15) is 30.0 Å². The number of hydrogen-bond acceptors (Lipinski definition) is 7. The first kappa shape index (κ1) is 40.7. The molecule has 0 fully saturated rings. The molecule has 0 unspecified atom stereocenters. The standard InChI is InChI=1S/C41H55N3O7/c1-25(2)35-41(49)51-37(31-16-11-10-12-17-31)28(6)15-13-14-27(5)34(50-9)23-18-29(7)40(48)44(8)36(26(3)4)39(47)42-33(38(46)43-35)24-30-19-21-32(45)22-20-30/h10-22,25-26,28,33-37,45H,23-24H2,1-9H3,(H,42,47)(H,43,46)/b15-13+,27-14+,29-18+/t28-,33-,34-,35+,36+,37+/m1/s1. The summed E-state index contributed by atoms with van der Waals surface area (Å²) in [5.41, 5.74) is 2.87. The fourth-order valence-corrected chi connectivity index (χ4v) is 6.17. The lowest BCUT2D eigenvalue weighted by Gasteiger charge is -2.32. The van der Waals surface area contributed by atoms with Crippen LogP contribution in [0, 0.1) is 17.8 Å². The molecule has 2 aromatic rings. The number of allylic oxidation sites excluding steroid dienone is 2. The van der Waals surface area contributed by atoms with Gasteiger partial charge in [0.25, 0.3) is 0 Å². The second-order valence-electron chi connectivity index (χ2n) is 14.0. The molecule has 10 heteroatoms. The molecule has 6 atom stereocenters. The van der Waals surface area contributed by atoms with Crippen LogP contribution in [0.15, 0.2) is 90.0 Å². The monoisotopic (exact) mass is 701 g/mol. The summed E-state index contributed by atoms with van der Waals surface area (Å²) in [6.45, 7) is 12.9. The topological polar surface area (TPSA) is 134 Å². The van der Waals surface area contributed by atoms with E-state index in [1.54, 1.807) is 33.2 Å². The van der Waals surface area contributed by atoms with Gasteiger partial charge in [0.2, 0.25) is 17.7 Å². The molecule has 10 nitrogen and oxygen atoms in total. The highest BCUT2D eigenvalue weighted by atomic mass is 16.5. The van der Waals surface area contributed by atoms with E-state index in [9.17, 15) is 24.3 Å². The van der Waals surface area contributed by atoms with Crippen molar-refractivity contribution in [3.63, 3.8) is 0 Å².